The number of nitrogens with two attached hydrogens (primary N) is 2. The normalized spacial score (nSPS) is 12.4. The highest BCUT2D eigenvalue weighted by molar-refractivity contribution is 7.08. The Morgan fingerprint density at radius 2 is 2.38 bits per heavy atom. The van der Waals surface area contributed by atoms with Gasteiger partial charge in [0, 0.05) is 5.56 Å². The molecule has 0 fully saturated rings. The lowest BCUT2D eigenvalue weighted by atomic mass is 10.4. The molecule has 0 amide bonds. The van der Waals surface area contributed by atoms with Gasteiger partial charge >= 0.3 is 0 Å². The van der Waals surface area contributed by atoms with Gasteiger partial charge in [-0.2, -0.15) is 16.4 Å². The quantitative estimate of drug-likeness (QED) is 0.456. The average molecular weight is 236 g/mol. The summed E-state index contributed by atoms with van der Waals surface area (Å²) in [6, 6.07) is 1.91. The fourth-order valence-electron chi connectivity index (χ4n) is 0.927. The lowest BCUT2D eigenvalue weighted by molar-refractivity contribution is 0.308. The Balaban J connectivity index is 2.11. The molecule has 4 N–H and O–H groups in total. The van der Waals surface area contributed by atoms with Gasteiger partial charge in [-0.15, -0.1) is 5.10 Å². The summed E-state index contributed by atoms with van der Waals surface area (Å²) in [5.74, 6) is 0.150. The van der Waals surface area contributed by atoms with Gasteiger partial charge in [-0.1, -0.05) is 0 Å². The van der Waals surface area contributed by atoms with E-state index in [-0.39, 0.29) is 17.3 Å². The van der Waals surface area contributed by atoms with E-state index in [1.54, 1.807) is 17.6 Å². The fourth-order valence-corrected chi connectivity index (χ4v) is 1.54. The van der Waals surface area contributed by atoms with Crippen molar-refractivity contribution in [2.24, 2.45) is 15.9 Å². The van der Waals surface area contributed by atoms with Crippen LogP contribution in [0.15, 0.2) is 31.7 Å². The number of hydrogen-bond acceptors (Lipinski definition) is 7. The predicted octanol–water partition coefficient (Wildman–Crippen LogP) is 0.453. The molecule has 0 aliphatic heterocycles. The first kappa shape index (κ1) is 10.3. The number of hydrogen-bond donors (Lipinski definition) is 2. The Labute approximate surface area is 94.4 Å². The highest BCUT2D eigenvalue weighted by Crippen LogP contribution is 2.04. The van der Waals surface area contributed by atoms with E-state index < -0.39 is 0 Å². The lowest BCUT2D eigenvalue weighted by Gasteiger charge is -1.90. The number of aromatic nitrogens is 2. The van der Waals surface area contributed by atoms with E-state index in [1.165, 1.54) is 0 Å². The van der Waals surface area contributed by atoms with Gasteiger partial charge in [0.25, 0.3) is 0 Å². The van der Waals surface area contributed by atoms with E-state index in [2.05, 4.69) is 25.1 Å². The minimum absolute atomic E-state index is 0.0604. The molecule has 2 heterocycles. The van der Waals surface area contributed by atoms with Gasteiger partial charge in [0.15, 0.2) is 17.3 Å². The Kier molecular flexibility index (Phi) is 2.92. The molecule has 0 saturated heterocycles. The van der Waals surface area contributed by atoms with Crippen LogP contribution in [0, 0.1) is 0 Å². The molecule has 0 atom stereocenters. The third-order valence-corrected chi connectivity index (χ3v) is 2.37. The van der Waals surface area contributed by atoms with E-state index in [9.17, 15) is 0 Å². The molecule has 2 aromatic rings. The third kappa shape index (κ3) is 2.23. The molecule has 0 aliphatic carbocycles. The molecule has 0 unspecified atom stereocenters. The summed E-state index contributed by atoms with van der Waals surface area (Å²) in [5.41, 5.74) is 12.2. The molecule has 2 aromatic heterocycles. The molecule has 7 nitrogen and oxygen atoms in total. The van der Waals surface area contributed by atoms with Crippen molar-refractivity contribution in [3.63, 3.8) is 0 Å². The number of nitrogens with zero attached hydrogens (tertiary/aromatic N) is 4. The minimum Gasteiger partial charge on any atom is -0.380 e. The van der Waals surface area contributed by atoms with Gasteiger partial charge in [-0.3, -0.25) is 0 Å². The smallest absolute Gasteiger partial charge is 0.199 e. The van der Waals surface area contributed by atoms with Crippen LogP contribution >= 0.6 is 11.3 Å². The Bertz CT molecular complexity index is 514. The van der Waals surface area contributed by atoms with Gasteiger partial charge in [-0.05, 0) is 27.1 Å². The molecule has 8 heteroatoms. The second-order valence-electron chi connectivity index (χ2n) is 2.78. The van der Waals surface area contributed by atoms with E-state index in [0.717, 1.165) is 5.56 Å². The summed E-state index contributed by atoms with van der Waals surface area (Å²) >= 11 is 1.57. The zero-order valence-corrected chi connectivity index (χ0v) is 8.89. The van der Waals surface area contributed by atoms with Crippen LogP contribution in [0.4, 0.5) is 5.82 Å². The highest BCUT2D eigenvalue weighted by atomic mass is 32.1. The zero-order chi connectivity index (χ0) is 11.4. The molecule has 0 saturated carbocycles. The van der Waals surface area contributed by atoms with Gasteiger partial charge in [0.05, 0.1) is 6.21 Å². The Morgan fingerprint density at radius 1 is 1.50 bits per heavy atom. The standard InChI is InChI=1S/C8H8N6OS/c9-7(6-8(10)14-15-13-6)12-11-3-5-1-2-16-4-5/h1-4H,(H2,9,12)(H2,10,14)/b11-3+. The van der Waals surface area contributed by atoms with E-state index >= 15 is 0 Å². The second-order valence-corrected chi connectivity index (χ2v) is 3.56. The Hall–Kier alpha value is -2.22. The molecule has 82 valence electrons. The van der Waals surface area contributed by atoms with Crippen LogP contribution in [-0.4, -0.2) is 22.4 Å². The first-order valence-electron chi connectivity index (χ1n) is 4.24. The molecular weight excluding hydrogens is 228 g/mol. The summed E-state index contributed by atoms with van der Waals surface area (Å²) in [7, 11) is 0. The zero-order valence-electron chi connectivity index (χ0n) is 8.07. The van der Waals surface area contributed by atoms with E-state index in [4.69, 9.17) is 11.5 Å². The lowest BCUT2D eigenvalue weighted by Crippen LogP contribution is -2.15. The van der Waals surface area contributed by atoms with Crippen molar-refractivity contribution in [2.75, 3.05) is 5.73 Å². The van der Waals surface area contributed by atoms with Gasteiger partial charge in [0.2, 0.25) is 0 Å². The van der Waals surface area contributed by atoms with E-state index in [0.29, 0.717) is 0 Å². The molecule has 16 heavy (non-hydrogen) atoms. The first-order chi connectivity index (χ1) is 7.77. The van der Waals surface area contributed by atoms with Crippen molar-refractivity contribution in [2.45, 2.75) is 0 Å². The Morgan fingerprint density at radius 3 is 3.00 bits per heavy atom. The maximum Gasteiger partial charge on any atom is 0.199 e. The fraction of sp³-hybridized carbons (Fsp3) is 0. The molecule has 0 bridgehead atoms. The topological polar surface area (TPSA) is 116 Å². The van der Waals surface area contributed by atoms with Crippen LogP contribution in [0.2, 0.25) is 0 Å². The van der Waals surface area contributed by atoms with Crippen LogP contribution in [0.5, 0.6) is 0 Å². The van der Waals surface area contributed by atoms with E-state index in [1.807, 2.05) is 16.8 Å². The number of amidine groups is 1. The predicted molar refractivity (Wildman–Crippen MR) is 61.3 cm³/mol. The van der Waals surface area contributed by atoms with Crippen LogP contribution in [0.1, 0.15) is 11.3 Å². The van der Waals surface area contributed by atoms with Crippen LogP contribution in [0.3, 0.4) is 0 Å². The number of nitrogen functional groups attached to an aromatic ring is 1. The summed E-state index contributed by atoms with van der Waals surface area (Å²) in [6.45, 7) is 0. The largest absolute Gasteiger partial charge is 0.380 e. The number of thiophene rings is 1. The molecule has 0 spiro atoms. The number of anilines is 1. The molecule has 2 rings (SSSR count). The molecular formula is C8H8N6OS. The van der Waals surface area contributed by atoms with Crippen molar-refractivity contribution in [3.8, 4) is 0 Å². The summed E-state index contributed by atoms with van der Waals surface area (Å²) in [5, 5.41) is 18.3. The van der Waals surface area contributed by atoms with Crippen LogP contribution in [-0.2, 0) is 0 Å². The summed E-state index contributed by atoms with van der Waals surface area (Å²) in [4.78, 5) is 0. The summed E-state index contributed by atoms with van der Waals surface area (Å²) < 4.78 is 4.38. The van der Waals surface area contributed by atoms with Crippen molar-refractivity contribution in [3.05, 3.63) is 28.1 Å². The first-order valence-corrected chi connectivity index (χ1v) is 5.19. The van der Waals surface area contributed by atoms with Gasteiger partial charge < -0.3 is 11.5 Å². The minimum atomic E-state index is 0.0604. The highest BCUT2D eigenvalue weighted by Gasteiger charge is 2.09. The van der Waals surface area contributed by atoms with Crippen molar-refractivity contribution < 1.29 is 4.63 Å². The second kappa shape index (κ2) is 4.53. The SMILES string of the molecule is N/C(=N\N=C\c1ccsc1)c1nonc1N. The maximum atomic E-state index is 5.58. The van der Waals surface area contributed by atoms with Crippen molar-refractivity contribution in [1.82, 2.24) is 10.3 Å². The average Bonchev–Trinajstić information content (AvgIpc) is 2.88. The molecule has 0 aromatic carbocycles. The van der Waals surface area contributed by atoms with Gasteiger partial charge in [-0.25, -0.2) is 4.63 Å². The van der Waals surface area contributed by atoms with Crippen LogP contribution < -0.4 is 11.5 Å². The molecule has 0 radical (unpaired) electrons. The monoisotopic (exact) mass is 236 g/mol. The van der Waals surface area contributed by atoms with Crippen LogP contribution in [0.25, 0.3) is 0 Å². The van der Waals surface area contributed by atoms with Crippen molar-refractivity contribution >= 4 is 29.2 Å². The maximum absolute atomic E-state index is 5.58. The third-order valence-electron chi connectivity index (χ3n) is 1.67. The molecule has 0 aliphatic rings. The van der Waals surface area contributed by atoms with Crippen molar-refractivity contribution in [1.29, 1.82) is 0 Å². The summed E-state index contributed by atoms with van der Waals surface area (Å²) in [6.07, 6.45) is 1.58. The number of rotatable bonds is 3. The van der Waals surface area contributed by atoms with Gasteiger partial charge in [0.1, 0.15) is 0 Å².